The molecule has 2 aromatic heterocycles. The number of phenolic OH excluding ortho intramolecular Hbond substituents is 1. The van der Waals surface area contributed by atoms with Crippen LogP contribution in [0.25, 0.3) is 39.4 Å². The van der Waals surface area contributed by atoms with Crippen molar-refractivity contribution in [2.24, 2.45) is 0 Å². The molecule has 0 radical (unpaired) electrons. The van der Waals surface area contributed by atoms with Gasteiger partial charge in [0.25, 0.3) is 0 Å². The Kier molecular flexibility index (Phi) is 8.74. The zero-order valence-corrected chi connectivity index (χ0v) is 34.0. The van der Waals surface area contributed by atoms with E-state index in [2.05, 4.69) is 147 Å². The summed E-state index contributed by atoms with van der Waals surface area (Å²) in [5.74, 6) is 1.06. The molecule has 56 heavy (non-hydrogen) atoms. The van der Waals surface area contributed by atoms with E-state index in [0.29, 0.717) is 0 Å². The second kappa shape index (κ2) is 13.6. The second-order valence-corrected chi connectivity index (χ2v) is 16.5. The normalized spacial score (nSPS) is 16.8. The molecule has 1 atom stereocenters. The van der Waals surface area contributed by atoms with Crippen LogP contribution in [0.15, 0.2) is 158 Å². The summed E-state index contributed by atoms with van der Waals surface area (Å²) < 4.78 is 2.33. The van der Waals surface area contributed by atoms with Gasteiger partial charge in [-0.1, -0.05) is 129 Å². The van der Waals surface area contributed by atoms with Crippen LogP contribution >= 0.6 is 0 Å². The van der Waals surface area contributed by atoms with Crippen molar-refractivity contribution in [3.05, 3.63) is 203 Å². The Morgan fingerprint density at radius 2 is 1.32 bits per heavy atom. The predicted octanol–water partition coefficient (Wildman–Crippen LogP) is 11.3. The van der Waals surface area contributed by atoms with Gasteiger partial charge in [0.05, 0.1) is 22.5 Å². The molecule has 8 aromatic rings. The van der Waals surface area contributed by atoms with Gasteiger partial charge < -0.3 is 5.11 Å². The SMILES string of the molecule is CC(C)(C)c1ccccc1-n1c(-c2ccccn2)nc2c(C3(c4[c-]c(-c5ccccc5O)ccc4)CC4(Cc5ccccc5C4)c4ccccc43)cccc21.[Pt]. The maximum Gasteiger partial charge on any atom is 0.164 e. The first-order valence-corrected chi connectivity index (χ1v) is 19.3. The Labute approximate surface area is 343 Å². The van der Waals surface area contributed by atoms with Crippen molar-refractivity contribution in [2.45, 2.75) is 56.3 Å². The fourth-order valence-corrected chi connectivity index (χ4v) is 9.88. The Morgan fingerprint density at radius 3 is 2.07 bits per heavy atom. The van der Waals surface area contributed by atoms with Gasteiger partial charge in [0, 0.05) is 38.1 Å². The summed E-state index contributed by atoms with van der Waals surface area (Å²) >= 11 is 0. The Morgan fingerprint density at radius 1 is 0.661 bits per heavy atom. The monoisotopic (exact) mass is 907 g/mol. The maximum absolute atomic E-state index is 11.1. The molecule has 1 N–H and O–H groups in total. The first kappa shape index (κ1) is 36.1. The average Bonchev–Trinajstić information content (AvgIpc) is 3.88. The number of pyridine rings is 1. The van der Waals surface area contributed by atoms with E-state index in [1.54, 1.807) is 6.07 Å². The number of rotatable bonds is 5. The van der Waals surface area contributed by atoms with Gasteiger partial charge in [-0.3, -0.25) is 9.55 Å². The molecular weight excluding hydrogens is 866 g/mol. The molecule has 0 bridgehead atoms. The van der Waals surface area contributed by atoms with E-state index < -0.39 is 5.41 Å². The number of hydrogen-bond donors (Lipinski definition) is 1. The summed E-state index contributed by atoms with van der Waals surface area (Å²) in [6, 6.07) is 57.5. The molecule has 2 heterocycles. The molecule has 0 fully saturated rings. The van der Waals surface area contributed by atoms with E-state index in [9.17, 15) is 5.11 Å². The number of benzene rings is 6. The maximum atomic E-state index is 11.1. The third kappa shape index (κ3) is 5.52. The number of nitrogens with zero attached hydrogens (tertiary/aromatic N) is 3. The van der Waals surface area contributed by atoms with Gasteiger partial charge in [-0.15, -0.1) is 35.4 Å². The molecule has 0 saturated heterocycles. The molecule has 2 aliphatic carbocycles. The average molecular weight is 908 g/mol. The zero-order chi connectivity index (χ0) is 37.4. The summed E-state index contributed by atoms with van der Waals surface area (Å²) in [5, 5.41) is 11.1. The Bertz CT molecular complexity index is 2740. The van der Waals surface area contributed by atoms with Gasteiger partial charge in [0.1, 0.15) is 5.69 Å². The van der Waals surface area contributed by atoms with Crippen molar-refractivity contribution in [3.8, 4) is 34.1 Å². The van der Waals surface area contributed by atoms with E-state index in [1.165, 1.54) is 27.8 Å². The number of aromatic hydroxyl groups is 1. The molecule has 2 aliphatic rings. The summed E-state index contributed by atoms with van der Waals surface area (Å²) in [7, 11) is 0. The number of aromatic nitrogens is 3. The second-order valence-electron chi connectivity index (χ2n) is 16.5. The van der Waals surface area contributed by atoms with Gasteiger partial charge in [-0.05, 0) is 88.4 Å². The van der Waals surface area contributed by atoms with Gasteiger partial charge in [-0.2, -0.15) is 0 Å². The largest absolute Gasteiger partial charge is 0.517 e. The number of hydrogen-bond acceptors (Lipinski definition) is 3. The van der Waals surface area contributed by atoms with Crippen LogP contribution in [0, 0.1) is 6.07 Å². The van der Waals surface area contributed by atoms with Crippen molar-refractivity contribution in [3.63, 3.8) is 0 Å². The third-order valence-corrected chi connectivity index (χ3v) is 12.2. The minimum Gasteiger partial charge on any atom is -0.517 e. The molecule has 0 amide bonds. The zero-order valence-electron chi connectivity index (χ0n) is 31.7. The standard InChI is InChI=1S/C51H42N3O.Pt/c1-49(2,3)41-23-9-10-26-44(41)54-45-27-15-24-42(47(45)53-48(54)43-25-12-13-29-52-43)51(37-19-14-18-34(30-37)38-20-6-11-28-46(38)55)33-50(39-21-7-8-22-40(39)51)31-35-16-4-5-17-36(35)32-50;/h4-29,55H,31-33H2,1-3H3;/q-1;. The topological polar surface area (TPSA) is 50.9 Å². The van der Waals surface area contributed by atoms with Crippen LogP contribution < -0.4 is 0 Å². The van der Waals surface area contributed by atoms with Crippen molar-refractivity contribution in [1.82, 2.24) is 14.5 Å². The van der Waals surface area contributed by atoms with Crippen LogP contribution in [-0.2, 0) is 50.2 Å². The number of fused-ring (bicyclic) bond motifs is 4. The fraction of sp³-hybridized carbons (Fsp3) is 0.176. The predicted molar refractivity (Wildman–Crippen MR) is 222 cm³/mol. The van der Waals surface area contributed by atoms with Crippen LogP contribution in [0.1, 0.15) is 66.1 Å². The molecule has 0 saturated carbocycles. The quantitative estimate of drug-likeness (QED) is 0.175. The molecule has 6 aromatic carbocycles. The Balaban J connectivity index is 0.00000410. The molecule has 0 aliphatic heterocycles. The minimum atomic E-state index is -0.608. The van der Waals surface area contributed by atoms with E-state index in [0.717, 1.165) is 69.8 Å². The minimum absolute atomic E-state index is 0. The van der Waals surface area contributed by atoms with Gasteiger partial charge in [0.15, 0.2) is 5.82 Å². The van der Waals surface area contributed by atoms with Crippen molar-refractivity contribution in [2.75, 3.05) is 0 Å². The van der Waals surface area contributed by atoms with E-state index in [-0.39, 0.29) is 37.6 Å². The van der Waals surface area contributed by atoms with Gasteiger partial charge >= 0.3 is 0 Å². The van der Waals surface area contributed by atoms with Crippen LogP contribution in [-0.4, -0.2) is 19.6 Å². The first-order valence-electron chi connectivity index (χ1n) is 19.3. The van der Waals surface area contributed by atoms with E-state index in [4.69, 9.17) is 9.97 Å². The summed E-state index contributed by atoms with van der Waals surface area (Å²) in [6.07, 6.45) is 4.66. The fourth-order valence-electron chi connectivity index (χ4n) is 9.88. The van der Waals surface area contributed by atoms with Crippen molar-refractivity contribution in [1.29, 1.82) is 0 Å². The molecule has 278 valence electrons. The van der Waals surface area contributed by atoms with Crippen LogP contribution in [0.4, 0.5) is 0 Å². The molecule has 10 rings (SSSR count). The van der Waals surface area contributed by atoms with Crippen LogP contribution in [0.3, 0.4) is 0 Å². The van der Waals surface area contributed by atoms with Gasteiger partial charge in [0.2, 0.25) is 0 Å². The van der Waals surface area contributed by atoms with Crippen LogP contribution in [0.5, 0.6) is 5.75 Å². The molecule has 4 nitrogen and oxygen atoms in total. The third-order valence-electron chi connectivity index (χ3n) is 12.2. The van der Waals surface area contributed by atoms with Gasteiger partial charge in [-0.25, -0.2) is 4.98 Å². The van der Waals surface area contributed by atoms with E-state index in [1.807, 2.05) is 36.5 Å². The molecular formula is C51H42N3OPt-. The molecule has 1 spiro atoms. The summed E-state index contributed by atoms with van der Waals surface area (Å²) in [5.41, 5.74) is 13.7. The summed E-state index contributed by atoms with van der Waals surface area (Å²) in [6.45, 7) is 6.81. The van der Waals surface area contributed by atoms with E-state index >= 15 is 0 Å². The summed E-state index contributed by atoms with van der Waals surface area (Å²) in [4.78, 5) is 10.5. The Hall–Kier alpha value is -5.57. The number of phenols is 1. The number of imidazole rings is 1. The smallest absolute Gasteiger partial charge is 0.164 e. The first-order chi connectivity index (χ1) is 26.8. The molecule has 5 heteroatoms. The van der Waals surface area contributed by atoms with Crippen molar-refractivity contribution < 1.29 is 26.2 Å². The van der Waals surface area contributed by atoms with Crippen molar-refractivity contribution >= 4 is 11.0 Å². The number of para-hydroxylation sites is 3. The van der Waals surface area contributed by atoms with Crippen LogP contribution in [0.2, 0.25) is 0 Å². The molecule has 1 unspecified atom stereocenters.